The van der Waals surface area contributed by atoms with Gasteiger partial charge in [-0.05, 0) is 48.0 Å². The highest BCUT2D eigenvalue weighted by Gasteiger charge is 2.07. The predicted octanol–water partition coefficient (Wildman–Crippen LogP) is 3.85. The maximum Gasteiger partial charge on any atom is 0.248 e. The van der Waals surface area contributed by atoms with Crippen LogP contribution in [0, 0.1) is 5.82 Å². The number of ether oxygens (including phenoxy) is 1. The number of anilines is 1. The molecule has 0 saturated carbocycles. The SMILES string of the molecule is O=C(C=Cc1ccncc1)Nc1ccc(OCc2ccccn2)c(F)c1. The monoisotopic (exact) mass is 349 g/mol. The molecule has 6 heteroatoms. The third-order valence-corrected chi connectivity index (χ3v) is 3.43. The van der Waals surface area contributed by atoms with Crippen LogP contribution in [0.2, 0.25) is 0 Å². The van der Waals surface area contributed by atoms with E-state index in [1.807, 2.05) is 6.07 Å². The van der Waals surface area contributed by atoms with Gasteiger partial charge in [-0.1, -0.05) is 6.07 Å². The van der Waals surface area contributed by atoms with Crippen molar-refractivity contribution in [1.82, 2.24) is 9.97 Å². The van der Waals surface area contributed by atoms with Crippen LogP contribution in [0.4, 0.5) is 10.1 Å². The summed E-state index contributed by atoms with van der Waals surface area (Å²) in [4.78, 5) is 19.9. The highest BCUT2D eigenvalue weighted by Crippen LogP contribution is 2.22. The second-order valence-electron chi connectivity index (χ2n) is 5.36. The molecule has 0 spiro atoms. The van der Waals surface area contributed by atoms with Gasteiger partial charge in [-0.3, -0.25) is 14.8 Å². The Morgan fingerprint density at radius 1 is 1.12 bits per heavy atom. The average Bonchev–Trinajstić information content (AvgIpc) is 2.67. The summed E-state index contributed by atoms with van der Waals surface area (Å²) >= 11 is 0. The van der Waals surface area contributed by atoms with E-state index in [9.17, 15) is 9.18 Å². The predicted molar refractivity (Wildman–Crippen MR) is 96.9 cm³/mol. The number of nitrogens with zero attached hydrogens (tertiary/aromatic N) is 2. The molecule has 2 aromatic heterocycles. The molecule has 5 nitrogen and oxygen atoms in total. The summed E-state index contributed by atoms with van der Waals surface area (Å²) in [6.07, 6.45) is 7.94. The van der Waals surface area contributed by atoms with Gasteiger partial charge in [0.15, 0.2) is 11.6 Å². The number of amides is 1. The smallest absolute Gasteiger partial charge is 0.248 e. The van der Waals surface area contributed by atoms with Crippen molar-refractivity contribution in [3.63, 3.8) is 0 Å². The first kappa shape index (κ1) is 17.3. The summed E-state index contributed by atoms with van der Waals surface area (Å²) in [5.41, 5.74) is 1.89. The number of carbonyl (C=O) groups is 1. The topological polar surface area (TPSA) is 64.1 Å². The fourth-order valence-electron chi connectivity index (χ4n) is 2.16. The van der Waals surface area contributed by atoms with Crippen LogP contribution in [0.15, 0.2) is 73.2 Å². The second kappa shape index (κ2) is 8.53. The highest BCUT2D eigenvalue weighted by molar-refractivity contribution is 6.01. The number of carbonyl (C=O) groups excluding carboxylic acids is 1. The van der Waals surface area contributed by atoms with E-state index in [4.69, 9.17) is 4.74 Å². The van der Waals surface area contributed by atoms with E-state index < -0.39 is 5.82 Å². The Morgan fingerprint density at radius 3 is 2.69 bits per heavy atom. The molecule has 1 amide bonds. The van der Waals surface area contributed by atoms with Gasteiger partial charge in [0.25, 0.3) is 0 Å². The Bertz CT molecular complexity index is 899. The van der Waals surface area contributed by atoms with Crippen LogP contribution in [0.5, 0.6) is 5.75 Å². The van der Waals surface area contributed by atoms with Crippen molar-refractivity contribution in [3.05, 3.63) is 90.3 Å². The Hall–Kier alpha value is -3.54. The number of benzene rings is 1. The van der Waals surface area contributed by atoms with Gasteiger partial charge in [0.2, 0.25) is 5.91 Å². The third kappa shape index (κ3) is 4.98. The number of hydrogen-bond acceptors (Lipinski definition) is 4. The number of nitrogens with one attached hydrogen (secondary N) is 1. The number of hydrogen-bond donors (Lipinski definition) is 1. The van der Waals surface area contributed by atoms with Crippen LogP contribution < -0.4 is 10.1 Å². The van der Waals surface area contributed by atoms with Gasteiger partial charge in [-0.2, -0.15) is 0 Å². The first-order valence-electron chi connectivity index (χ1n) is 7.92. The first-order valence-corrected chi connectivity index (χ1v) is 7.92. The molecular weight excluding hydrogens is 333 g/mol. The summed E-state index contributed by atoms with van der Waals surface area (Å²) in [5.74, 6) is -0.818. The molecule has 0 unspecified atom stereocenters. The molecule has 1 N–H and O–H groups in total. The van der Waals surface area contributed by atoms with Gasteiger partial charge in [-0.25, -0.2) is 4.39 Å². The minimum absolute atomic E-state index is 0.0981. The number of halogens is 1. The van der Waals surface area contributed by atoms with Crippen molar-refractivity contribution >= 4 is 17.7 Å². The van der Waals surface area contributed by atoms with Crippen molar-refractivity contribution in [2.45, 2.75) is 6.61 Å². The van der Waals surface area contributed by atoms with E-state index >= 15 is 0 Å². The number of pyridine rings is 2. The lowest BCUT2D eigenvalue weighted by Gasteiger charge is -2.08. The molecule has 0 aliphatic heterocycles. The summed E-state index contributed by atoms with van der Waals surface area (Å²) in [6.45, 7) is 0.165. The minimum Gasteiger partial charge on any atom is -0.484 e. The molecule has 0 bridgehead atoms. The van der Waals surface area contributed by atoms with Gasteiger partial charge in [0.1, 0.15) is 6.61 Å². The van der Waals surface area contributed by atoms with Crippen LogP contribution in [-0.4, -0.2) is 15.9 Å². The van der Waals surface area contributed by atoms with Crippen LogP contribution in [0.25, 0.3) is 6.08 Å². The fraction of sp³-hybridized carbons (Fsp3) is 0.0500. The van der Waals surface area contributed by atoms with Crippen molar-refractivity contribution in [2.24, 2.45) is 0 Å². The van der Waals surface area contributed by atoms with E-state index in [-0.39, 0.29) is 18.3 Å². The Kier molecular flexibility index (Phi) is 5.67. The van der Waals surface area contributed by atoms with Crippen molar-refractivity contribution in [1.29, 1.82) is 0 Å². The molecule has 0 radical (unpaired) electrons. The molecule has 3 rings (SSSR count). The van der Waals surface area contributed by atoms with Gasteiger partial charge in [-0.15, -0.1) is 0 Å². The summed E-state index contributed by atoms with van der Waals surface area (Å²) < 4.78 is 19.6. The molecule has 130 valence electrons. The van der Waals surface area contributed by atoms with Gasteiger partial charge in [0, 0.05) is 36.4 Å². The highest BCUT2D eigenvalue weighted by atomic mass is 19.1. The molecule has 0 fully saturated rings. The minimum atomic E-state index is -0.558. The van der Waals surface area contributed by atoms with Gasteiger partial charge in [0.05, 0.1) is 5.69 Å². The van der Waals surface area contributed by atoms with Crippen molar-refractivity contribution < 1.29 is 13.9 Å². The van der Waals surface area contributed by atoms with E-state index in [1.54, 1.807) is 55.0 Å². The second-order valence-corrected chi connectivity index (χ2v) is 5.36. The van der Waals surface area contributed by atoms with Crippen molar-refractivity contribution in [3.8, 4) is 5.75 Å². The summed E-state index contributed by atoms with van der Waals surface area (Å²) in [5, 5.41) is 2.60. The Labute approximate surface area is 150 Å². The van der Waals surface area contributed by atoms with E-state index in [1.165, 1.54) is 18.2 Å². The molecule has 0 saturated heterocycles. The van der Waals surface area contributed by atoms with Crippen LogP contribution in [0.1, 0.15) is 11.3 Å². The standard InChI is InChI=1S/C20H16FN3O2/c21-18-13-16(24-20(25)7-4-15-8-11-22-12-9-15)5-6-19(18)26-14-17-3-1-2-10-23-17/h1-13H,14H2,(H,24,25). The maximum absolute atomic E-state index is 14.1. The van der Waals surface area contributed by atoms with Crippen LogP contribution in [-0.2, 0) is 11.4 Å². The van der Waals surface area contributed by atoms with Crippen molar-refractivity contribution in [2.75, 3.05) is 5.32 Å². The normalized spacial score (nSPS) is 10.7. The summed E-state index contributed by atoms with van der Waals surface area (Å²) in [7, 11) is 0. The molecule has 0 aliphatic carbocycles. The van der Waals surface area contributed by atoms with Crippen LogP contribution in [0.3, 0.4) is 0 Å². The molecule has 0 atom stereocenters. The van der Waals surface area contributed by atoms with Crippen LogP contribution >= 0.6 is 0 Å². The van der Waals surface area contributed by atoms with E-state index in [0.29, 0.717) is 11.4 Å². The molecule has 2 heterocycles. The largest absolute Gasteiger partial charge is 0.484 e. The zero-order valence-corrected chi connectivity index (χ0v) is 13.8. The van der Waals surface area contributed by atoms with Gasteiger partial charge < -0.3 is 10.1 Å². The van der Waals surface area contributed by atoms with E-state index in [0.717, 1.165) is 5.56 Å². The zero-order chi connectivity index (χ0) is 18.2. The third-order valence-electron chi connectivity index (χ3n) is 3.43. The number of rotatable bonds is 6. The lowest BCUT2D eigenvalue weighted by Crippen LogP contribution is -2.08. The number of aromatic nitrogens is 2. The molecule has 3 aromatic rings. The molecule has 26 heavy (non-hydrogen) atoms. The Balaban J connectivity index is 1.58. The molecule has 1 aromatic carbocycles. The fourth-order valence-corrected chi connectivity index (χ4v) is 2.16. The average molecular weight is 349 g/mol. The lowest BCUT2D eigenvalue weighted by atomic mass is 10.2. The summed E-state index contributed by atoms with van der Waals surface area (Å²) in [6, 6.07) is 13.2. The van der Waals surface area contributed by atoms with Gasteiger partial charge >= 0.3 is 0 Å². The lowest BCUT2D eigenvalue weighted by molar-refractivity contribution is -0.111. The zero-order valence-electron chi connectivity index (χ0n) is 13.8. The molecular formula is C20H16FN3O2. The maximum atomic E-state index is 14.1. The first-order chi connectivity index (χ1) is 12.7. The van der Waals surface area contributed by atoms with E-state index in [2.05, 4.69) is 15.3 Å². The quantitative estimate of drug-likeness (QED) is 0.687. The molecule has 0 aliphatic rings. The Morgan fingerprint density at radius 2 is 1.96 bits per heavy atom.